The van der Waals surface area contributed by atoms with E-state index in [2.05, 4.69) is 6.07 Å². The lowest BCUT2D eigenvalue weighted by Crippen LogP contribution is -2.42. The Balaban J connectivity index is 1.55. The normalized spacial score (nSPS) is 18.5. The summed E-state index contributed by atoms with van der Waals surface area (Å²) < 4.78 is 13.2. The molecule has 5 heteroatoms. The second kappa shape index (κ2) is 7.74. The number of carbonyl (C=O) groups is 2. The van der Waals surface area contributed by atoms with Crippen molar-refractivity contribution in [3.8, 4) is 0 Å². The van der Waals surface area contributed by atoms with E-state index < -0.39 is 0 Å². The minimum Gasteiger partial charge on any atom is -0.335 e. The average molecular weight is 380 g/mol. The smallest absolute Gasteiger partial charge is 0.225 e. The fourth-order valence-corrected chi connectivity index (χ4v) is 4.12. The molecule has 2 aromatic rings. The summed E-state index contributed by atoms with van der Waals surface area (Å²) in [6.07, 6.45) is 3.12. The van der Waals surface area contributed by atoms with E-state index in [1.54, 1.807) is 19.1 Å². The molecule has 0 radical (unpaired) electrons. The molecule has 0 spiro atoms. The van der Waals surface area contributed by atoms with Crippen molar-refractivity contribution in [3.05, 3.63) is 71.0 Å². The van der Waals surface area contributed by atoms with Crippen LogP contribution in [0.1, 0.15) is 48.9 Å². The van der Waals surface area contributed by atoms with Crippen LogP contribution in [0.3, 0.4) is 0 Å². The summed E-state index contributed by atoms with van der Waals surface area (Å²) >= 11 is 0. The maximum Gasteiger partial charge on any atom is 0.225 e. The lowest BCUT2D eigenvalue weighted by atomic mass is 9.90. The molecule has 1 aliphatic heterocycles. The number of halogens is 1. The first-order valence-electron chi connectivity index (χ1n) is 9.92. The molecular weight excluding hydrogens is 355 g/mol. The summed E-state index contributed by atoms with van der Waals surface area (Å²) in [5.41, 5.74) is 3.22. The number of hydrogen-bond donors (Lipinski definition) is 0. The molecule has 1 unspecified atom stereocenters. The number of carbonyl (C=O) groups excluding carboxylic acids is 2. The molecule has 0 saturated heterocycles. The van der Waals surface area contributed by atoms with E-state index >= 15 is 0 Å². The number of amides is 2. The molecule has 4 nitrogen and oxygen atoms in total. The van der Waals surface area contributed by atoms with Gasteiger partial charge in [0.25, 0.3) is 0 Å². The van der Waals surface area contributed by atoms with Crippen molar-refractivity contribution in [2.24, 2.45) is 0 Å². The molecular formula is C23H25FN2O2. The largest absolute Gasteiger partial charge is 0.335 e. The third-order valence-electron chi connectivity index (χ3n) is 5.76. The van der Waals surface area contributed by atoms with E-state index in [-0.39, 0.29) is 36.1 Å². The lowest BCUT2D eigenvalue weighted by molar-refractivity contribution is -0.137. The van der Waals surface area contributed by atoms with Gasteiger partial charge in [-0.05, 0) is 48.1 Å². The van der Waals surface area contributed by atoms with Gasteiger partial charge in [0.2, 0.25) is 11.8 Å². The van der Waals surface area contributed by atoms with Crippen molar-refractivity contribution in [2.75, 3.05) is 6.54 Å². The van der Waals surface area contributed by atoms with Crippen LogP contribution in [0, 0.1) is 5.82 Å². The van der Waals surface area contributed by atoms with Crippen LogP contribution < -0.4 is 0 Å². The molecule has 1 saturated carbocycles. The van der Waals surface area contributed by atoms with Gasteiger partial charge in [-0.15, -0.1) is 0 Å². The predicted octanol–water partition coefficient (Wildman–Crippen LogP) is 3.85. The number of hydrogen-bond acceptors (Lipinski definition) is 2. The molecule has 1 atom stereocenters. The standard InChI is InChI=1S/C23H25FN2O2/c1-16(27)25-13-12-18-4-2-3-5-21(18)22(25)14-23(28)26(20-10-11-20)15-17-6-8-19(24)9-7-17/h2-9,20,22H,10-15H2,1H3. The molecule has 1 fully saturated rings. The van der Waals surface area contributed by atoms with Crippen LogP contribution in [0.5, 0.6) is 0 Å². The van der Waals surface area contributed by atoms with Crippen LogP contribution in [0.25, 0.3) is 0 Å². The summed E-state index contributed by atoms with van der Waals surface area (Å²) in [6, 6.07) is 14.5. The topological polar surface area (TPSA) is 40.6 Å². The van der Waals surface area contributed by atoms with Gasteiger partial charge in [-0.1, -0.05) is 36.4 Å². The Bertz CT molecular complexity index is 876. The van der Waals surface area contributed by atoms with E-state index in [1.165, 1.54) is 17.7 Å². The van der Waals surface area contributed by atoms with E-state index in [1.807, 2.05) is 28.0 Å². The summed E-state index contributed by atoms with van der Waals surface area (Å²) in [4.78, 5) is 29.2. The van der Waals surface area contributed by atoms with Gasteiger partial charge in [0.1, 0.15) is 5.82 Å². The van der Waals surface area contributed by atoms with Crippen molar-refractivity contribution in [3.63, 3.8) is 0 Å². The van der Waals surface area contributed by atoms with Crippen molar-refractivity contribution >= 4 is 11.8 Å². The van der Waals surface area contributed by atoms with Gasteiger partial charge in [-0.25, -0.2) is 4.39 Å². The number of rotatable bonds is 5. The predicted molar refractivity (Wildman–Crippen MR) is 105 cm³/mol. The third-order valence-corrected chi connectivity index (χ3v) is 5.76. The SMILES string of the molecule is CC(=O)N1CCc2ccccc2C1CC(=O)N(Cc1ccc(F)cc1)C1CC1. The molecule has 2 aromatic carbocycles. The highest BCUT2D eigenvalue weighted by molar-refractivity contribution is 5.80. The lowest BCUT2D eigenvalue weighted by Gasteiger charge is -2.37. The minimum atomic E-state index is -0.274. The van der Waals surface area contributed by atoms with E-state index in [4.69, 9.17) is 0 Å². The van der Waals surface area contributed by atoms with Gasteiger partial charge >= 0.3 is 0 Å². The molecule has 28 heavy (non-hydrogen) atoms. The fourth-order valence-electron chi connectivity index (χ4n) is 4.12. The zero-order chi connectivity index (χ0) is 19.7. The molecule has 2 amide bonds. The Kier molecular flexibility index (Phi) is 5.16. The first-order chi connectivity index (χ1) is 13.5. The van der Waals surface area contributed by atoms with Gasteiger partial charge in [0.15, 0.2) is 0 Å². The number of fused-ring (bicyclic) bond motifs is 1. The number of benzene rings is 2. The van der Waals surface area contributed by atoms with Gasteiger partial charge in [-0.2, -0.15) is 0 Å². The van der Waals surface area contributed by atoms with Crippen molar-refractivity contribution in [1.29, 1.82) is 0 Å². The Morgan fingerprint density at radius 1 is 1.11 bits per heavy atom. The van der Waals surface area contributed by atoms with Crippen LogP contribution >= 0.6 is 0 Å². The molecule has 0 aromatic heterocycles. The number of nitrogens with zero attached hydrogens (tertiary/aromatic N) is 2. The van der Waals surface area contributed by atoms with Crippen LogP contribution in [0.15, 0.2) is 48.5 Å². The Morgan fingerprint density at radius 3 is 2.50 bits per heavy atom. The van der Waals surface area contributed by atoms with Crippen LogP contribution in [0.2, 0.25) is 0 Å². The Labute approximate surface area is 164 Å². The molecule has 1 aliphatic carbocycles. The summed E-state index contributed by atoms with van der Waals surface area (Å²) in [7, 11) is 0. The fraction of sp³-hybridized carbons (Fsp3) is 0.391. The highest BCUT2D eigenvalue weighted by Crippen LogP contribution is 2.35. The van der Waals surface area contributed by atoms with Gasteiger partial charge in [0, 0.05) is 26.1 Å². The summed E-state index contributed by atoms with van der Waals surface area (Å²) in [6.45, 7) is 2.70. The minimum absolute atomic E-state index is 0.00353. The highest BCUT2D eigenvalue weighted by Gasteiger charge is 2.36. The van der Waals surface area contributed by atoms with E-state index in [9.17, 15) is 14.0 Å². The van der Waals surface area contributed by atoms with Gasteiger partial charge in [-0.3, -0.25) is 9.59 Å². The van der Waals surface area contributed by atoms with E-state index in [0.29, 0.717) is 13.1 Å². The summed E-state index contributed by atoms with van der Waals surface area (Å²) in [5.74, 6) is -0.215. The van der Waals surface area contributed by atoms with Crippen LogP contribution in [-0.4, -0.2) is 34.2 Å². The monoisotopic (exact) mass is 380 g/mol. The van der Waals surface area contributed by atoms with Crippen molar-refractivity contribution < 1.29 is 14.0 Å². The van der Waals surface area contributed by atoms with E-state index in [0.717, 1.165) is 30.4 Å². The first kappa shape index (κ1) is 18.7. The third kappa shape index (κ3) is 3.93. The second-order valence-electron chi connectivity index (χ2n) is 7.76. The van der Waals surface area contributed by atoms with Crippen molar-refractivity contribution in [1.82, 2.24) is 9.80 Å². The van der Waals surface area contributed by atoms with Gasteiger partial charge in [0.05, 0.1) is 12.5 Å². The Hall–Kier alpha value is -2.69. The van der Waals surface area contributed by atoms with Crippen LogP contribution in [-0.2, 0) is 22.6 Å². The Morgan fingerprint density at radius 2 is 1.82 bits per heavy atom. The molecule has 4 rings (SSSR count). The molecule has 0 N–H and O–H groups in total. The molecule has 146 valence electrons. The first-order valence-corrected chi connectivity index (χ1v) is 9.92. The van der Waals surface area contributed by atoms with Gasteiger partial charge < -0.3 is 9.80 Å². The second-order valence-corrected chi connectivity index (χ2v) is 7.76. The summed E-state index contributed by atoms with van der Waals surface area (Å²) in [5, 5.41) is 0. The molecule has 1 heterocycles. The maximum atomic E-state index is 13.3. The van der Waals surface area contributed by atoms with Crippen molar-refractivity contribution in [2.45, 2.75) is 51.2 Å². The maximum absolute atomic E-state index is 13.3. The van der Waals surface area contributed by atoms with Crippen LogP contribution in [0.4, 0.5) is 4.39 Å². The quantitative estimate of drug-likeness (QED) is 0.790. The highest BCUT2D eigenvalue weighted by atomic mass is 19.1. The zero-order valence-electron chi connectivity index (χ0n) is 16.1. The average Bonchev–Trinajstić information content (AvgIpc) is 3.52. The zero-order valence-corrected chi connectivity index (χ0v) is 16.1. The molecule has 2 aliphatic rings. The molecule has 0 bridgehead atoms.